The SMILES string of the molecule is CS/C(N)=N/N=C/c1ccccc1[N+](=O)[O-].[I-]. The molecule has 8 heteroatoms. The maximum atomic E-state index is 10.7. The molecule has 0 atom stereocenters. The first kappa shape index (κ1) is 15.8. The molecule has 0 spiro atoms. The van der Waals surface area contributed by atoms with Crippen LogP contribution in [-0.2, 0) is 0 Å². The van der Waals surface area contributed by atoms with Crippen LogP contribution >= 0.6 is 11.8 Å². The lowest BCUT2D eigenvalue weighted by molar-refractivity contribution is -0.385. The molecule has 0 saturated heterocycles. The molecule has 0 bridgehead atoms. The van der Waals surface area contributed by atoms with Crippen LogP contribution in [0.2, 0.25) is 0 Å². The van der Waals surface area contributed by atoms with E-state index in [2.05, 4.69) is 10.2 Å². The van der Waals surface area contributed by atoms with Crippen LogP contribution in [0.25, 0.3) is 0 Å². The van der Waals surface area contributed by atoms with E-state index >= 15 is 0 Å². The molecule has 0 aliphatic carbocycles. The van der Waals surface area contributed by atoms with Gasteiger partial charge in [-0.15, -0.1) is 5.10 Å². The lowest BCUT2D eigenvalue weighted by Gasteiger charge is -1.94. The van der Waals surface area contributed by atoms with E-state index < -0.39 is 4.92 Å². The number of nitro benzene ring substituents is 1. The van der Waals surface area contributed by atoms with Gasteiger partial charge in [-0.25, -0.2) is 0 Å². The van der Waals surface area contributed by atoms with Gasteiger partial charge in [0.25, 0.3) is 5.69 Å². The second-order valence-electron chi connectivity index (χ2n) is 2.70. The van der Waals surface area contributed by atoms with E-state index in [1.54, 1.807) is 24.5 Å². The second-order valence-corrected chi connectivity index (χ2v) is 3.53. The van der Waals surface area contributed by atoms with E-state index in [9.17, 15) is 10.1 Å². The lowest BCUT2D eigenvalue weighted by atomic mass is 10.2. The Morgan fingerprint density at radius 1 is 1.53 bits per heavy atom. The van der Waals surface area contributed by atoms with E-state index in [1.165, 1.54) is 24.0 Å². The predicted molar refractivity (Wildman–Crippen MR) is 65.8 cm³/mol. The largest absolute Gasteiger partial charge is 1.00 e. The molecule has 0 aliphatic rings. The summed E-state index contributed by atoms with van der Waals surface area (Å²) in [6, 6.07) is 6.28. The minimum absolute atomic E-state index is 0. The van der Waals surface area contributed by atoms with Crippen LogP contribution in [0.1, 0.15) is 5.56 Å². The van der Waals surface area contributed by atoms with Crippen molar-refractivity contribution < 1.29 is 28.9 Å². The molecular weight excluding hydrogens is 355 g/mol. The summed E-state index contributed by atoms with van der Waals surface area (Å²) in [5.41, 5.74) is 5.78. The van der Waals surface area contributed by atoms with Gasteiger partial charge in [-0.05, 0) is 12.3 Å². The first-order valence-electron chi connectivity index (χ1n) is 4.29. The van der Waals surface area contributed by atoms with Gasteiger partial charge in [0.05, 0.1) is 16.7 Å². The number of rotatable bonds is 3. The number of nitrogens with two attached hydrogens (primary N) is 1. The average molecular weight is 365 g/mol. The van der Waals surface area contributed by atoms with Gasteiger partial charge in [-0.1, -0.05) is 23.9 Å². The lowest BCUT2D eigenvalue weighted by Crippen LogP contribution is -3.00. The van der Waals surface area contributed by atoms with Crippen molar-refractivity contribution in [3.05, 3.63) is 39.9 Å². The fourth-order valence-electron chi connectivity index (χ4n) is 0.952. The Bertz CT molecular complexity index is 450. The van der Waals surface area contributed by atoms with Crippen LogP contribution in [0, 0.1) is 10.1 Å². The molecule has 1 aromatic rings. The number of para-hydroxylation sites is 1. The highest BCUT2D eigenvalue weighted by Gasteiger charge is 2.09. The highest BCUT2D eigenvalue weighted by atomic mass is 127. The molecule has 0 aliphatic heterocycles. The highest BCUT2D eigenvalue weighted by molar-refractivity contribution is 8.13. The van der Waals surface area contributed by atoms with Crippen LogP contribution in [0.4, 0.5) is 5.69 Å². The molecule has 0 radical (unpaired) electrons. The Kier molecular flexibility index (Phi) is 7.46. The molecule has 0 amide bonds. The van der Waals surface area contributed by atoms with Crippen molar-refractivity contribution >= 4 is 28.8 Å². The molecule has 0 saturated carbocycles. The summed E-state index contributed by atoms with van der Waals surface area (Å²) in [4.78, 5) is 10.2. The Hall–Kier alpha value is -1.16. The standard InChI is InChI=1S/C9H10N4O2S.HI/c1-16-9(10)12-11-6-7-4-2-3-5-8(7)13(14)15;/h2-6H,1H3,(H2,10,12);1H/p-1/b11-6+;. The molecule has 6 nitrogen and oxygen atoms in total. The Morgan fingerprint density at radius 3 is 2.76 bits per heavy atom. The van der Waals surface area contributed by atoms with Crippen molar-refractivity contribution in [3.63, 3.8) is 0 Å². The zero-order chi connectivity index (χ0) is 12.0. The molecule has 0 fully saturated rings. The predicted octanol–water partition coefficient (Wildman–Crippen LogP) is -1.39. The molecule has 1 aromatic carbocycles. The third kappa shape index (κ3) is 5.13. The van der Waals surface area contributed by atoms with Gasteiger partial charge in [-0.2, -0.15) is 5.10 Å². The van der Waals surface area contributed by atoms with Crippen LogP contribution in [0.5, 0.6) is 0 Å². The molecule has 0 heterocycles. The molecule has 0 unspecified atom stereocenters. The Labute approximate surface area is 120 Å². The van der Waals surface area contributed by atoms with Gasteiger partial charge in [0.1, 0.15) is 0 Å². The van der Waals surface area contributed by atoms with Crippen LogP contribution < -0.4 is 29.7 Å². The first-order chi connectivity index (χ1) is 7.65. The second kappa shape index (κ2) is 8.01. The number of halogens is 1. The van der Waals surface area contributed by atoms with E-state index in [-0.39, 0.29) is 29.7 Å². The van der Waals surface area contributed by atoms with E-state index in [0.717, 1.165) is 0 Å². The van der Waals surface area contributed by atoms with Crippen molar-refractivity contribution in [2.75, 3.05) is 6.26 Å². The molecule has 92 valence electrons. The fourth-order valence-corrected chi connectivity index (χ4v) is 1.08. The number of benzene rings is 1. The van der Waals surface area contributed by atoms with E-state index in [4.69, 9.17) is 5.73 Å². The maximum absolute atomic E-state index is 10.7. The minimum Gasteiger partial charge on any atom is -1.00 e. The van der Waals surface area contributed by atoms with Crippen LogP contribution in [0.15, 0.2) is 34.5 Å². The minimum atomic E-state index is -0.469. The summed E-state index contributed by atoms with van der Waals surface area (Å²) in [6.45, 7) is 0. The van der Waals surface area contributed by atoms with Crippen molar-refractivity contribution in [2.45, 2.75) is 0 Å². The van der Waals surface area contributed by atoms with Crippen molar-refractivity contribution in [1.29, 1.82) is 0 Å². The Morgan fingerprint density at radius 2 is 2.18 bits per heavy atom. The van der Waals surface area contributed by atoms with Gasteiger partial charge in [0, 0.05) is 6.07 Å². The number of hydrogen-bond donors (Lipinski definition) is 1. The quantitative estimate of drug-likeness (QED) is 0.235. The summed E-state index contributed by atoms with van der Waals surface area (Å²) in [5.74, 6) is 0. The normalized spacial score (nSPS) is 11.2. The molecule has 1 rings (SSSR count). The zero-order valence-corrected chi connectivity index (χ0v) is 11.9. The number of hydrogen-bond acceptors (Lipinski definition) is 5. The smallest absolute Gasteiger partial charge is 0.278 e. The first-order valence-corrected chi connectivity index (χ1v) is 5.51. The van der Waals surface area contributed by atoms with Gasteiger partial charge in [-0.3, -0.25) is 10.1 Å². The summed E-state index contributed by atoms with van der Waals surface area (Å²) in [5, 5.41) is 18.3. The van der Waals surface area contributed by atoms with Gasteiger partial charge in [0.2, 0.25) is 0 Å². The van der Waals surface area contributed by atoms with Crippen molar-refractivity contribution in [1.82, 2.24) is 0 Å². The van der Waals surface area contributed by atoms with Crippen molar-refractivity contribution in [3.8, 4) is 0 Å². The number of nitro groups is 1. The molecular formula is C9H10IN4O2S-. The monoisotopic (exact) mass is 365 g/mol. The zero-order valence-electron chi connectivity index (χ0n) is 8.91. The van der Waals surface area contributed by atoms with Crippen LogP contribution in [0.3, 0.4) is 0 Å². The molecule has 0 aromatic heterocycles. The number of amidine groups is 1. The topological polar surface area (TPSA) is 93.9 Å². The van der Waals surface area contributed by atoms with Crippen molar-refractivity contribution in [2.24, 2.45) is 15.9 Å². The Balaban J connectivity index is 0.00000256. The summed E-state index contributed by atoms with van der Waals surface area (Å²) in [6.07, 6.45) is 3.07. The maximum Gasteiger partial charge on any atom is 0.278 e. The number of thioether (sulfide) groups is 1. The van der Waals surface area contributed by atoms with Crippen LogP contribution in [-0.4, -0.2) is 22.6 Å². The third-order valence-corrected chi connectivity index (χ3v) is 2.20. The average Bonchev–Trinajstić information content (AvgIpc) is 2.29. The van der Waals surface area contributed by atoms with E-state index in [1.807, 2.05) is 0 Å². The van der Waals surface area contributed by atoms with E-state index in [0.29, 0.717) is 10.7 Å². The summed E-state index contributed by atoms with van der Waals surface area (Å²) < 4.78 is 0. The number of nitrogens with zero attached hydrogens (tertiary/aromatic N) is 3. The van der Waals surface area contributed by atoms with Gasteiger partial charge < -0.3 is 29.7 Å². The fraction of sp³-hybridized carbons (Fsp3) is 0.111. The molecule has 2 N–H and O–H groups in total. The molecule has 17 heavy (non-hydrogen) atoms. The summed E-state index contributed by atoms with van der Waals surface area (Å²) >= 11 is 1.25. The van der Waals surface area contributed by atoms with Gasteiger partial charge in [0.15, 0.2) is 5.17 Å². The highest BCUT2D eigenvalue weighted by Crippen LogP contribution is 2.15. The van der Waals surface area contributed by atoms with Gasteiger partial charge >= 0.3 is 0 Å². The summed E-state index contributed by atoms with van der Waals surface area (Å²) in [7, 11) is 0. The third-order valence-electron chi connectivity index (χ3n) is 1.70.